The minimum Gasteiger partial charge on any atom is -0.508 e. The Morgan fingerprint density at radius 3 is 2.88 bits per heavy atom. The number of aromatic hydroxyl groups is 1. The standard InChI is InChI=1S/C24H24N4O4/c1-27-22(30)17(6-2-4-16-5-3-7-18(29)14-16)15-26-23(27)28-11-9-24(10-12-28)21(25)20-19(32-24)8-13-31-20/h3,5,7-8,13-15,21,29H,4,9-12,25H2,1H3/t21-/m1/s1. The van der Waals surface area contributed by atoms with Gasteiger partial charge in [-0.15, -0.1) is 0 Å². The molecule has 164 valence electrons. The predicted molar refractivity (Wildman–Crippen MR) is 119 cm³/mol. The molecule has 0 aliphatic carbocycles. The molecule has 4 heterocycles. The normalized spacial score (nSPS) is 18.7. The van der Waals surface area contributed by atoms with Gasteiger partial charge in [-0.1, -0.05) is 24.0 Å². The fraction of sp³-hybridized carbons (Fsp3) is 0.333. The summed E-state index contributed by atoms with van der Waals surface area (Å²) in [5, 5.41) is 9.55. The molecule has 5 rings (SSSR count). The molecule has 3 N–H and O–H groups in total. The zero-order valence-electron chi connectivity index (χ0n) is 17.7. The lowest BCUT2D eigenvalue weighted by atomic mass is 9.85. The highest BCUT2D eigenvalue weighted by molar-refractivity contribution is 5.41. The third-order valence-corrected chi connectivity index (χ3v) is 6.28. The summed E-state index contributed by atoms with van der Waals surface area (Å²) in [5.41, 5.74) is 6.99. The van der Waals surface area contributed by atoms with Crippen LogP contribution in [0.4, 0.5) is 5.95 Å². The van der Waals surface area contributed by atoms with Crippen molar-refractivity contribution in [1.82, 2.24) is 9.55 Å². The maximum absolute atomic E-state index is 12.8. The van der Waals surface area contributed by atoms with Crippen molar-refractivity contribution in [3.05, 3.63) is 70.0 Å². The summed E-state index contributed by atoms with van der Waals surface area (Å²) in [6.07, 6.45) is 4.98. The molecule has 3 aromatic rings. The smallest absolute Gasteiger partial charge is 0.270 e. The van der Waals surface area contributed by atoms with E-state index in [1.54, 1.807) is 31.5 Å². The number of phenolic OH excluding ortho intramolecular Hbond substituents is 1. The van der Waals surface area contributed by atoms with Crippen LogP contribution in [0.3, 0.4) is 0 Å². The molecule has 8 nitrogen and oxygen atoms in total. The second-order valence-corrected chi connectivity index (χ2v) is 8.27. The van der Waals surface area contributed by atoms with Gasteiger partial charge in [-0.3, -0.25) is 9.36 Å². The van der Waals surface area contributed by atoms with Gasteiger partial charge in [0.05, 0.1) is 12.5 Å². The monoisotopic (exact) mass is 432 g/mol. The maximum Gasteiger partial charge on any atom is 0.270 e. The zero-order chi connectivity index (χ0) is 22.3. The van der Waals surface area contributed by atoms with Crippen molar-refractivity contribution >= 4 is 5.95 Å². The third-order valence-electron chi connectivity index (χ3n) is 6.28. The van der Waals surface area contributed by atoms with Gasteiger partial charge in [0.25, 0.3) is 5.56 Å². The zero-order valence-corrected chi connectivity index (χ0v) is 17.7. The summed E-state index contributed by atoms with van der Waals surface area (Å²) in [5.74, 6) is 8.13. The van der Waals surface area contributed by atoms with Crippen LogP contribution < -0.4 is 20.9 Å². The number of rotatable bonds is 2. The van der Waals surface area contributed by atoms with Crippen LogP contribution in [0.1, 0.15) is 35.8 Å². The van der Waals surface area contributed by atoms with Crippen molar-refractivity contribution < 1.29 is 14.3 Å². The Bertz CT molecular complexity index is 1270. The first kappa shape index (κ1) is 20.2. The van der Waals surface area contributed by atoms with E-state index in [9.17, 15) is 9.90 Å². The number of fused-ring (bicyclic) bond motifs is 1. The van der Waals surface area contributed by atoms with Gasteiger partial charge in [-0.05, 0) is 17.7 Å². The molecule has 1 aromatic carbocycles. The highest BCUT2D eigenvalue weighted by atomic mass is 16.5. The van der Waals surface area contributed by atoms with Crippen molar-refractivity contribution in [1.29, 1.82) is 0 Å². The van der Waals surface area contributed by atoms with Crippen LogP contribution in [0.25, 0.3) is 0 Å². The number of piperidine rings is 1. The Morgan fingerprint density at radius 1 is 1.31 bits per heavy atom. The number of nitrogens with two attached hydrogens (primary N) is 1. The van der Waals surface area contributed by atoms with Crippen LogP contribution in [0.5, 0.6) is 11.5 Å². The molecule has 0 bridgehead atoms. The first-order chi connectivity index (χ1) is 15.5. The average molecular weight is 432 g/mol. The Morgan fingerprint density at radius 2 is 2.12 bits per heavy atom. The Hall–Kier alpha value is -3.70. The molecule has 1 atom stereocenters. The summed E-state index contributed by atoms with van der Waals surface area (Å²) >= 11 is 0. The molecule has 8 heteroatoms. The van der Waals surface area contributed by atoms with Crippen LogP contribution >= 0.6 is 0 Å². The number of aromatic nitrogens is 2. The Labute approximate surface area is 185 Å². The van der Waals surface area contributed by atoms with Crippen molar-refractivity contribution in [3.63, 3.8) is 0 Å². The number of nitrogens with zero attached hydrogens (tertiary/aromatic N) is 3. The minimum atomic E-state index is -0.470. The summed E-state index contributed by atoms with van der Waals surface area (Å²) in [6.45, 7) is 1.33. The van der Waals surface area contributed by atoms with Gasteiger partial charge in [-0.25, -0.2) is 4.98 Å². The van der Waals surface area contributed by atoms with Gasteiger partial charge in [0.15, 0.2) is 11.5 Å². The van der Waals surface area contributed by atoms with Crippen molar-refractivity contribution in [3.8, 4) is 23.3 Å². The van der Waals surface area contributed by atoms with Gasteiger partial charge >= 0.3 is 0 Å². The molecular weight excluding hydrogens is 408 g/mol. The minimum absolute atomic E-state index is 0.188. The lowest BCUT2D eigenvalue weighted by Crippen LogP contribution is -2.52. The molecule has 1 spiro atoms. The van der Waals surface area contributed by atoms with E-state index in [1.807, 2.05) is 12.1 Å². The van der Waals surface area contributed by atoms with E-state index in [-0.39, 0.29) is 17.4 Å². The highest BCUT2D eigenvalue weighted by Gasteiger charge is 2.50. The molecule has 1 fully saturated rings. The topological polar surface area (TPSA) is 107 Å². The van der Waals surface area contributed by atoms with E-state index >= 15 is 0 Å². The lowest BCUT2D eigenvalue weighted by molar-refractivity contribution is 0.0401. The highest BCUT2D eigenvalue weighted by Crippen LogP contribution is 2.47. The lowest BCUT2D eigenvalue weighted by Gasteiger charge is -2.41. The number of benzene rings is 1. The summed E-state index contributed by atoms with van der Waals surface area (Å²) in [7, 11) is 1.71. The molecule has 1 saturated heterocycles. The Balaban J connectivity index is 1.29. The quantitative estimate of drug-likeness (QED) is 0.597. The molecule has 0 radical (unpaired) electrons. The number of anilines is 1. The van der Waals surface area contributed by atoms with Crippen LogP contribution in [-0.4, -0.2) is 33.3 Å². The van der Waals surface area contributed by atoms with Crippen LogP contribution in [0, 0.1) is 11.8 Å². The van der Waals surface area contributed by atoms with Crippen molar-refractivity contribution in [2.45, 2.75) is 30.9 Å². The number of phenols is 1. The average Bonchev–Trinajstić information content (AvgIpc) is 3.33. The molecule has 0 unspecified atom stereocenters. The Kier molecular flexibility index (Phi) is 4.91. The van der Waals surface area contributed by atoms with Gasteiger partial charge in [0.1, 0.15) is 23.0 Å². The van der Waals surface area contributed by atoms with E-state index in [4.69, 9.17) is 14.9 Å². The van der Waals surface area contributed by atoms with Crippen LogP contribution in [0.2, 0.25) is 0 Å². The summed E-state index contributed by atoms with van der Waals surface area (Å²) < 4.78 is 13.2. The number of hydrogen-bond donors (Lipinski definition) is 2. The summed E-state index contributed by atoms with van der Waals surface area (Å²) in [6, 6.07) is 8.42. The van der Waals surface area contributed by atoms with Gasteiger partial charge in [0, 0.05) is 45.5 Å². The molecule has 2 aliphatic heterocycles. The fourth-order valence-electron chi connectivity index (χ4n) is 4.46. The fourth-order valence-corrected chi connectivity index (χ4v) is 4.46. The molecule has 0 amide bonds. The number of hydrogen-bond acceptors (Lipinski definition) is 7. The van der Waals surface area contributed by atoms with Gasteiger partial charge in [-0.2, -0.15) is 0 Å². The largest absolute Gasteiger partial charge is 0.508 e. The van der Waals surface area contributed by atoms with Gasteiger partial charge in [0.2, 0.25) is 5.95 Å². The van der Waals surface area contributed by atoms with E-state index in [0.717, 1.165) is 11.3 Å². The van der Waals surface area contributed by atoms with E-state index in [1.165, 1.54) is 10.8 Å². The molecule has 32 heavy (non-hydrogen) atoms. The van der Waals surface area contributed by atoms with E-state index in [0.29, 0.717) is 49.6 Å². The van der Waals surface area contributed by atoms with Gasteiger partial charge < -0.3 is 24.9 Å². The molecule has 0 saturated carbocycles. The first-order valence-electron chi connectivity index (χ1n) is 10.6. The SMILES string of the molecule is Cn1c(N2CCC3(CC2)Oc2ccoc2[C@H]3N)ncc(C#CCc2cccc(O)c2)c1=O. The first-order valence-corrected chi connectivity index (χ1v) is 10.6. The molecular formula is C24H24N4O4. The second kappa shape index (κ2) is 7.77. The van der Waals surface area contributed by atoms with Crippen LogP contribution in [0.15, 0.2) is 52.0 Å². The second-order valence-electron chi connectivity index (χ2n) is 8.27. The van der Waals surface area contributed by atoms with E-state index < -0.39 is 5.60 Å². The number of ether oxygens (including phenoxy) is 1. The number of furan rings is 1. The predicted octanol–water partition coefficient (Wildman–Crippen LogP) is 2.10. The molecule has 2 aromatic heterocycles. The van der Waals surface area contributed by atoms with Crippen molar-refractivity contribution in [2.75, 3.05) is 18.0 Å². The van der Waals surface area contributed by atoms with Crippen LogP contribution in [-0.2, 0) is 13.5 Å². The summed E-state index contributed by atoms with van der Waals surface area (Å²) in [4.78, 5) is 19.4. The van der Waals surface area contributed by atoms with E-state index in [2.05, 4.69) is 21.7 Å². The maximum atomic E-state index is 12.8. The third kappa shape index (κ3) is 3.41. The van der Waals surface area contributed by atoms with Crippen molar-refractivity contribution in [2.24, 2.45) is 12.8 Å². The molecule has 2 aliphatic rings.